The molecule has 1 aromatic carbocycles. The molecule has 0 aliphatic heterocycles. The average Bonchev–Trinajstić information content (AvgIpc) is 2.16. The van der Waals surface area contributed by atoms with Gasteiger partial charge in [0.05, 0.1) is 0 Å². The van der Waals surface area contributed by atoms with E-state index < -0.39 is 6.19 Å². The van der Waals surface area contributed by atoms with Crippen molar-refractivity contribution in [2.75, 3.05) is 5.09 Å². The maximum atomic E-state index is 13.1. The molecule has 1 aromatic rings. The minimum Gasteiger partial charge on any atom is -0.357 e. The van der Waals surface area contributed by atoms with E-state index in [1.165, 1.54) is 12.1 Å². The first-order valence-electron chi connectivity index (χ1n) is 5.49. The molecule has 0 heterocycles. The summed E-state index contributed by atoms with van der Waals surface area (Å²) < 4.78 is 13.1. The molecule has 0 radical (unpaired) electrons. The summed E-state index contributed by atoms with van der Waals surface area (Å²) in [6.07, 6.45) is -1.69. The van der Waals surface area contributed by atoms with Gasteiger partial charge in [-0.25, -0.2) is 4.39 Å². The normalized spacial score (nSPS) is 12.2. The third-order valence-electron chi connectivity index (χ3n) is 2.66. The highest BCUT2D eigenvalue weighted by Gasteiger charge is 2.25. The molecule has 16 heavy (non-hydrogen) atoms. The summed E-state index contributed by atoms with van der Waals surface area (Å²) in [5.41, 5.74) is 1.61. The molecule has 0 amide bonds. The van der Waals surface area contributed by atoms with Gasteiger partial charge in [-0.05, 0) is 29.5 Å². The largest absolute Gasteiger partial charge is 0.357 e. The quantitative estimate of drug-likeness (QED) is 0.802. The summed E-state index contributed by atoms with van der Waals surface area (Å²) in [5, 5.41) is 3.38. The summed E-state index contributed by atoms with van der Waals surface area (Å²) in [6.45, 7) is 8.53. The molecule has 0 aromatic heterocycles. The third kappa shape index (κ3) is 3.05. The second-order valence-corrected chi connectivity index (χ2v) is 10.0. The van der Waals surface area contributed by atoms with E-state index in [-0.39, 0.29) is 5.82 Å². The number of hydrogen-bond acceptors (Lipinski definition) is 1. The van der Waals surface area contributed by atoms with Gasteiger partial charge in [0.1, 0.15) is 5.82 Å². The van der Waals surface area contributed by atoms with Crippen LogP contribution in [0.15, 0.2) is 24.3 Å². The Kier molecular flexibility index (Phi) is 4.52. The summed E-state index contributed by atoms with van der Waals surface area (Å²) >= 11 is 5.75. The van der Waals surface area contributed by atoms with Crippen LogP contribution in [-0.2, 0) is 11.8 Å². The smallest absolute Gasteiger partial charge is 0.125 e. The molecule has 0 fully saturated rings. The molecule has 0 aliphatic carbocycles. The van der Waals surface area contributed by atoms with Crippen LogP contribution in [0, 0.1) is 5.82 Å². The van der Waals surface area contributed by atoms with Crippen LogP contribution < -0.4 is 5.09 Å². The summed E-state index contributed by atoms with van der Waals surface area (Å²) in [7, 11) is 0. The molecular weight excluding hydrogens is 240 g/mol. The zero-order valence-corrected chi connectivity index (χ0v) is 11.9. The summed E-state index contributed by atoms with van der Waals surface area (Å²) in [6, 6.07) is 6.53. The highest BCUT2D eigenvalue weighted by atomic mass is 32.4. The van der Waals surface area contributed by atoms with Gasteiger partial charge in [0.25, 0.3) is 0 Å². The van der Waals surface area contributed by atoms with Crippen molar-refractivity contribution in [3.63, 3.8) is 0 Å². The van der Waals surface area contributed by atoms with Gasteiger partial charge in [0.15, 0.2) is 0 Å². The Morgan fingerprint density at radius 3 is 2.19 bits per heavy atom. The maximum absolute atomic E-state index is 13.1. The van der Waals surface area contributed by atoms with Crippen LogP contribution in [0.3, 0.4) is 0 Å². The van der Waals surface area contributed by atoms with E-state index in [4.69, 9.17) is 11.8 Å². The molecule has 0 unspecified atom stereocenters. The molecule has 0 spiro atoms. The fourth-order valence-corrected chi connectivity index (χ4v) is 4.18. The third-order valence-corrected chi connectivity index (χ3v) is 9.14. The predicted octanol–water partition coefficient (Wildman–Crippen LogP) is 4.45. The Labute approximate surface area is 103 Å². The van der Waals surface area contributed by atoms with Crippen molar-refractivity contribution in [1.29, 1.82) is 0 Å². The average molecular weight is 259 g/mol. The van der Waals surface area contributed by atoms with Gasteiger partial charge < -0.3 is 5.09 Å². The maximum Gasteiger partial charge on any atom is 0.125 e. The second kappa shape index (κ2) is 5.29. The fourth-order valence-electron chi connectivity index (χ4n) is 1.61. The lowest BCUT2D eigenvalue weighted by Crippen LogP contribution is -2.15. The van der Waals surface area contributed by atoms with E-state index >= 15 is 0 Å². The van der Waals surface area contributed by atoms with Gasteiger partial charge in [0, 0.05) is 11.9 Å². The van der Waals surface area contributed by atoms with E-state index in [0.717, 1.165) is 5.69 Å². The second-order valence-electron chi connectivity index (χ2n) is 4.52. The highest BCUT2D eigenvalue weighted by Crippen LogP contribution is 2.54. The van der Waals surface area contributed by atoms with Gasteiger partial charge in [-0.15, -0.1) is 0 Å². The van der Waals surface area contributed by atoms with E-state index in [1.54, 1.807) is 6.07 Å². The lowest BCUT2D eigenvalue weighted by atomic mass is 10.3. The van der Waals surface area contributed by atoms with E-state index in [0.29, 0.717) is 11.3 Å². The standard InChI is InChI=1S/C12H19FNPS/c1-9(2)15(16,10(3)4)14-12-7-5-6-11(13)8-12/h5-10H,1-4H3,(H,14,16). The van der Waals surface area contributed by atoms with Gasteiger partial charge >= 0.3 is 0 Å². The molecule has 0 bridgehead atoms. The van der Waals surface area contributed by atoms with Crippen molar-refractivity contribution in [3.05, 3.63) is 30.1 Å². The van der Waals surface area contributed by atoms with E-state index in [1.807, 2.05) is 6.07 Å². The van der Waals surface area contributed by atoms with Crippen LogP contribution in [0.4, 0.5) is 10.1 Å². The monoisotopic (exact) mass is 259 g/mol. The molecule has 90 valence electrons. The Morgan fingerprint density at radius 1 is 1.19 bits per heavy atom. The van der Waals surface area contributed by atoms with Crippen LogP contribution in [0.2, 0.25) is 0 Å². The molecule has 1 rings (SSSR count). The Morgan fingerprint density at radius 2 is 1.75 bits per heavy atom. The molecule has 0 saturated carbocycles. The van der Waals surface area contributed by atoms with Crippen molar-refractivity contribution in [2.24, 2.45) is 0 Å². The predicted molar refractivity (Wildman–Crippen MR) is 74.6 cm³/mol. The van der Waals surface area contributed by atoms with Crippen LogP contribution in [0.1, 0.15) is 27.7 Å². The molecule has 1 nitrogen and oxygen atoms in total. The lowest BCUT2D eigenvalue weighted by Gasteiger charge is -2.32. The fraction of sp³-hybridized carbons (Fsp3) is 0.500. The number of benzene rings is 1. The SMILES string of the molecule is CC(C)P(=S)(Nc1cccc(F)c1)C(C)C. The minimum atomic E-state index is -1.69. The van der Waals surface area contributed by atoms with Gasteiger partial charge in [-0.2, -0.15) is 0 Å². The number of rotatable bonds is 4. The van der Waals surface area contributed by atoms with Crippen LogP contribution in [0.5, 0.6) is 0 Å². The van der Waals surface area contributed by atoms with Crippen molar-refractivity contribution in [3.8, 4) is 0 Å². The highest BCUT2D eigenvalue weighted by molar-refractivity contribution is 8.15. The first kappa shape index (κ1) is 13.7. The number of hydrogen-bond donors (Lipinski definition) is 1. The minimum absolute atomic E-state index is 0.223. The molecule has 1 N–H and O–H groups in total. The van der Waals surface area contributed by atoms with Gasteiger partial charge in [-0.3, -0.25) is 0 Å². The van der Waals surface area contributed by atoms with Crippen molar-refractivity contribution >= 4 is 23.7 Å². The van der Waals surface area contributed by atoms with Crippen LogP contribution >= 0.6 is 6.19 Å². The summed E-state index contributed by atoms with van der Waals surface area (Å²) in [4.78, 5) is 0. The van der Waals surface area contributed by atoms with Crippen LogP contribution in [0.25, 0.3) is 0 Å². The first-order valence-corrected chi connectivity index (χ1v) is 8.43. The molecule has 0 atom stereocenters. The van der Waals surface area contributed by atoms with Crippen LogP contribution in [-0.4, -0.2) is 11.3 Å². The molecule has 4 heteroatoms. The van der Waals surface area contributed by atoms with Crippen molar-refractivity contribution in [2.45, 2.75) is 39.0 Å². The van der Waals surface area contributed by atoms with E-state index in [2.05, 4.69) is 32.8 Å². The van der Waals surface area contributed by atoms with Crippen molar-refractivity contribution in [1.82, 2.24) is 0 Å². The Bertz CT molecular complexity index is 392. The van der Waals surface area contributed by atoms with E-state index in [9.17, 15) is 4.39 Å². The Balaban J connectivity index is 2.98. The van der Waals surface area contributed by atoms with Crippen molar-refractivity contribution < 1.29 is 4.39 Å². The topological polar surface area (TPSA) is 12.0 Å². The van der Waals surface area contributed by atoms with Gasteiger partial charge in [-0.1, -0.05) is 45.6 Å². The first-order chi connectivity index (χ1) is 7.36. The number of anilines is 1. The molecule has 0 saturated heterocycles. The zero-order chi connectivity index (χ0) is 12.3. The molecular formula is C12H19FNPS. The molecule has 0 aliphatic rings. The number of halogens is 1. The lowest BCUT2D eigenvalue weighted by molar-refractivity contribution is 0.628. The summed E-state index contributed by atoms with van der Waals surface area (Å²) in [5.74, 6) is -0.223. The van der Waals surface area contributed by atoms with Gasteiger partial charge in [0.2, 0.25) is 0 Å². The number of nitrogens with one attached hydrogen (secondary N) is 1. The zero-order valence-electron chi connectivity index (χ0n) is 10.2. The Hall–Kier alpha value is -0.400.